The fraction of sp³-hybridized carbons (Fsp3) is 0.231. The van der Waals surface area contributed by atoms with E-state index in [9.17, 15) is 0 Å². The van der Waals surface area contributed by atoms with E-state index < -0.39 is 0 Å². The largest absolute Gasteiger partial charge is 0.302 e. The molecule has 0 saturated carbocycles. The highest BCUT2D eigenvalue weighted by molar-refractivity contribution is 5.80. The molecule has 2 heterocycles. The highest BCUT2D eigenvalue weighted by atomic mass is 15.6. The van der Waals surface area contributed by atoms with Crippen LogP contribution in [0, 0.1) is 6.92 Å². The number of nitrogens with zero attached hydrogens (tertiary/aromatic N) is 4. The summed E-state index contributed by atoms with van der Waals surface area (Å²) in [6, 6.07) is 8.22. The van der Waals surface area contributed by atoms with E-state index in [1.54, 1.807) is 17.5 Å². The Kier molecular flexibility index (Phi) is 2.41. The molecular weight excluding hydrogens is 226 g/mol. The van der Waals surface area contributed by atoms with Crippen LogP contribution in [0.2, 0.25) is 0 Å². The molecule has 3 rings (SSSR count). The minimum atomic E-state index is 0.0257. The maximum atomic E-state index is 6.08. The number of aromatic nitrogens is 2. The first kappa shape index (κ1) is 11.0. The van der Waals surface area contributed by atoms with Gasteiger partial charge in [-0.1, -0.05) is 18.2 Å². The highest BCUT2D eigenvalue weighted by Crippen LogP contribution is 2.40. The number of fused-ring (bicyclic) bond motifs is 1. The van der Waals surface area contributed by atoms with Crippen molar-refractivity contribution < 1.29 is 0 Å². The topological polar surface area (TPSA) is 58.3 Å². The van der Waals surface area contributed by atoms with Gasteiger partial charge in [-0.2, -0.15) is 0 Å². The van der Waals surface area contributed by atoms with E-state index in [4.69, 9.17) is 5.84 Å². The molecule has 0 aliphatic carbocycles. The molecule has 1 aromatic carbocycles. The second kappa shape index (κ2) is 3.96. The molecule has 5 nitrogen and oxygen atoms in total. The van der Waals surface area contributed by atoms with Gasteiger partial charge in [-0.15, -0.1) is 0 Å². The molecule has 2 N–H and O–H groups in total. The van der Waals surface area contributed by atoms with E-state index in [0.29, 0.717) is 0 Å². The molecule has 0 saturated heterocycles. The molecule has 1 atom stereocenters. The number of aryl methyl sites for hydroxylation is 1. The van der Waals surface area contributed by atoms with Crippen LogP contribution in [0.3, 0.4) is 0 Å². The maximum absolute atomic E-state index is 6.08. The Labute approximate surface area is 106 Å². The van der Waals surface area contributed by atoms with Crippen LogP contribution in [0.1, 0.15) is 12.5 Å². The van der Waals surface area contributed by atoms with Gasteiger partial charge in [0.25, 0.3) is 0 Å². The zero-order valence-corrected chi connectivity index (χ0v) is 10.4. The fourth-order valence-electron chi connectivity index (χ4n) is 2.34. The van der Waals surface area contributed by atoms with Gasteiger partial charge in [-0.3, -0.25) is 5.01 Å². The number of hydrogen-bond acceptors (Lipinski definition) is 5. The number of benzene rings is 1. The number of rotatable bonds is 1. The van der Waals surface area contributed by atoms with Gasteiger partial charge < -0.3 is 4.90 Å². The average molecular weight is 241 g/mol. The van der Waals surface area contributed by atoms with Crippen molar-refractivity contribution in [3.05, 3.63) is 42.4 Å². The average Bonchev–Trinajstić information content (AvgIpc) is 2.64. The smallest absolute Gasteiger partial charge is 0.163 e. The Hall–Kier alpha value is -2.14. The molecule has 1 aliphatic heterocycles. The SMILES string of the molecule is Cc1ccccc1N1c2ncncc2N(N)C1C. The lowest BCUT2D eigenvalue weighted by Gasteiger charge is -2.27. The second-order valence-electron chi connectivity index (χ2n) is 4.43. The van der Waals surface area contributed by atoms with Gasteiger partial charge in [0.2, 0.25) is 0 Å². The van der Waals surface area contributed by atoms with Gasteiger partial charge in [-0.05, 0) is 25.5 Å². The number of hydrogen-bond donors (Lipinski definition) is 1. The molecular formula is C13H15N5. The predicted octanol–water partition coefficient (Wildman–Crippen LogP) is 1.96. The summed E-state index contributed by atoms with van der Waals surface area (Å²) < 4.78 is 0. The molecule has 1 aliphatic rings. The summed E-state index contributed by atoms with van der Waals surface area (Å²) in [5.74, 6) is 6.94. The van der Waals surface area contributed by atoms with Crippen LogP contribution in [0.5, 0.6) is 0 Å². The standard InChI is InChI=1S/C13H15N5/c1-9-5-3-4-6-11(9)17-10(2)18(14)12-7-15-8-16-13(12)17/h3-8,10H,14H2,1-2H3. The van der Waals surface area contributed by atoms with Crippen molar-refractivity contribution in [1.82, 2.24) is 9.97 Å². The first-order chi connectivity index (χ1) is 8.70. The van der Waals surface area contributed by atoms with Gasteiger partial charge >= 0.3 is 0 Å². The van der Waals surface area contributed by atoms with Crippen LogP contribution in [-0.2, 0) is 0 Å². The Morgan fingerprint density at radius 2 is 2.00 bits per heavy atom. The monoisotopic (exact) mass is 241 g/mol. The zero-order chi connectivity index (χ0) is 12.7. The van der Waals surface area contributed by atoms with Crippen molar-refractivity contribution in [3.63, 3.8) is 0 Å². The van der Waals surface area contributed by atoms with Crippen molar-refractivity contribution in [1.29, 1.82) is 0 Å². The number of nitrogens with two attached hydrogens (primary N) is 1. The maximum Gasteiger partial charge on any atom is 0.163 e. The quantitative estimate of drug-likeness (QED) is 0.773. The van der Waals surface area contributed by atoms with Crippen LogP contribution in [-0.4, -0.2) is 16.1 Å². The summed E-state index contributed by atoms with van der Waals surface area (Å²) in [6.07, 6.45) is 3.32. The predicted molar refractivity (Wildman–Crippen MR) is 71.5 cm³/mol. The van der Waals surface area contributed by atoms with Gasteiger partial charge in [0.1, 0.15) is 18.2 Å². The molecule has 0 radical (unpaired) electrons. The van der Waals surface area contributed by atoms with E-state index in [1.807, 2.05) is 19.1 Å². The number of anilines is 3. The highest BCUT2D eigenvalue weighted by Gasteiger charge is 2.34. The minimum Gasteiger partial charge on any atom is -0.302 e. The molecule has 0 bridgehead atoms. The fourth-order valence-corrected chi connectivity index (χ4v) is 2.34. The van der Waals surface area contributed by atoms with Crippen LogP contribution in [0.25, 0.3) is 0 Å². The van der Waals surface area contributed by atoms with E-state index in [-0.39, 0.29) is 6.17 Å². The minimum absolute atomic E-state index is 0.0257. The summed E-state index contributed by atoms with van der Waals surface area (Å²) in [7, 11) is 0. The summed E-state index contributed by atoms with van der Waals surface area (Å²) in [4.78, 5) is 10.5. The molecule has 1 unspecified atom stereocenters. The van der Waals surface area contributed by atoms with E-state index in [0.717, 1.165) is 17.2 Å². The molecule has 0 spiro atoms. The van der Waals surface area contributed by atoms with Crippen LogP contribution in [0.4, 0.5) is 17.2 Å². The van der Waals surface area contributed by atoms with Crippen molar-refractivity contribution >= 4 is 17.2 Å². The third-order valence-electron chi connectivity index (χ3n) is 3.33. The van der Waals surface area contributed by atoms with E-state index in [2.05, 4.69) is 33.9 Å². The van der Waals surface area contributed by atoms with Gasteiger partial charge in [-0.25, -0.2) is 15.8 Å². The third kappa shape index (κ3) is 1.44. The van der Waals surface area contributed by atoms with Crippen LogP contribution < -0.4 is 15.8 Å². The summed E-state index contributed by atoms with van der Waals surface area (Å²) in [6.45, 7) is 4.14. The van der Waals surface area contributed by atoms with Crippen molar-refractivity contribution in [3.8, 4) is 0 Å². The Morgan fingerprint density at radius 1 is 1.22 bits per heavy atom. The Morgan fingerprint density at radius 3 is 2.78 bits per heavy atom. The Balaban J connectivity index is 2.16. The van der Waals surface area contributed by atoms with Crippen LogP contribution >= 0.6 is 0 Å². The summed E-state index contributed by atoms with van der Waals surface area (Å²) in [5.41, 5.74) is 3.18. The van der Waals surface area contributed by atoms with Crippen molar-refractivity contribution in [2.75, 3.05) is 9.91 Å². The number of para-hydroxylation sites is 1. The van der Waals surface area contributed by atoms with Crippen LogP contribution in [0.15, 0.2) is 36.8 Å². The Bertz CT molecular complexity index is 583. The van der Waals surface area contributed by atoms with E-state index >= 15 is 0 Å². The molecule has 18 heavy (non-hydrogen) atoms. The van der Waals surface area contributed by atoms with Crippen molar-refractivity contribution in [2.45, 2.75) is 20.0 Å². The molecule has 1 aromatic heterocycles. The first-order valence-corrected chi connectivity index (χ1v) is 5.89. The molecule has 0 fully saturated rings. The first-order valence-electron chi connectivity index (χ1n) is 5.89. The van der Waals surface area contributed by atoms with Gasteiger partial charge in [0, 0.05) is 5.69 Å². The van der Waals surface area contributed by atoms with E-state index in [1.165, 1.54) is 5.56 Å². The summed E-state index contributed by atoms with van der Waals surface area (Å²) in [5, 5.41) is 1.70. The lowest BCUT2D eigenvalue weighted by Crippen LogP contribution is -2.43. The van der Waals surface area contributed by atoms with Gasteiger partial charge in [0.05, 0.1) is 6.20 Å². The van der Waals surface area contributed by atoms with Gasteiger partial charge in [0.15, 0.2) is 5.82 Å². The zero-order valence-electron chi connectivity index (χ0n) is 10.4. The molecule has 2 aromatic rings. The normalized spacial score (nSPS) is 18.1. The molecule has 0 amide bonds. The second-order valence-corrected chi connectivity index (χ2v) is 4.43. The van der Waals surface area contributed by atoms with Crippen molar-refractivity contribution in [2.24, 2.45) is 5.84 Å². The molecule has 92 valence electrons. The molecule has 5 heteroatoms. The third-order valence-corrected chi connectivity index (χ3v) is 3.33. The lowest BCUT2D eigenvalue weighted by atomic mass is 10.2. The lowest BCUT2D eigenvalue weighted by molar-refractivity contribution is 0.695. The summed E-state index contributed by atoms with van der Waals surface area (Å²) >= 11 is 0. The number of hydrazine groups is 1.